The number of hydrogen-bond acceptors (Lipinski definition) is 5. The number of nitrogens with zero attached hydrogens (tertiary/aromatic N) is 4. The summed E-state index contributed by atoms with van der Waals surface area (Å²) in [6, 6.07) is 0.155. The van der Waals surface area contributed by atoms with Gasteiger partial charge in [-0.25, -0.2) is 0 Å². The molecular formula is C20H24N6O. The van der Waals surface area contributed by atoms with E-state index in [0.29, 0.717) is 6.54 Å². The van der Waals surface area contributed by atoms with E-state index in [4.69, 9.17) is 0 Å². The van der Waals surface area contributed by atoms with Crippen LogP contribution in [0.4, 0.5) is 0 Å². The zero-order chi connectivity index (χ0) is 18.5. The minimum Gasteiger partial charge on any atom is -0.368 e. The standard InChI is InChI=1S/C20H24N6O/c1-2-4-16(27)21-12-10-19-6-3-7-20(19,9-8-19)18-25-24-15-13-23-17-14(26(15)18)5-11-22-17/h5,11,13-14,17,22H,3,6-10,12H2,1H3,(H,21,27). The lowest BCUT2D eigenvalue weighted by atomic mass is 9.49. The summed E-state index contributed by atoms with van der Waals surface area (Å²) in [6.45, 7) is 2.36. The summed E-state index contributed by atoms with van der Waals surface area (Å²) < 4.78 is 2.30. The van der Waals surface area contributed by atoms with Crippen molar-refractivity contribution in [1.82, 2.24) is 25.4 Å². The van der Waals surface area contributed by atoms with Gasteiger partial charge in [-0.05, 0) is 62.6 Å². The molecule has 140 valence electrons. The van der Waals surface area contributed by atoms with Crippen LogP contribution < -0.4 is 10.6 Å². The molecule has 27 heavy (non-hydrogen) atoms. The SMILES string of the molecule is CC#CC(=O)NCCC12CCCC1(c1nnc3n1C1C=CNC1N=C3)CC2. The zero-order valence-corrected chi connectivity index (χ0v) is 15.5. The molecule has 0 radical (unpaired) electrons. The second kappa shape index (κ2) is 5.95. The lowest BCUT2D eigenvalue weighted by molar-refractivity contribution is -0.116. The fourth-order valence-corrected chi connectivity index (χ4v) is 5.76. The van der Waals surface area contributed by atoms with Crippen LogP contribution in [-0.4, -0.2) is 39.6 Å². The van der Waals surface area contributed by atoms with Gasteiger partial charge < -0.3 is 10.6 Å². The largest absolute Gasteiger partial charge is 0.368 e. The third-order valence-corrected chi connectivity index (χ3v) is 7.11. The van der Waals surface area contributed by atoms with Gasteiger partial charge in [0.15, 0.2) is 5.82 Å². The van der Waals surface area contributed by atoms with Gasteiger partial charge in [0.05, 0.1) is 12.3 Å². The van der Waals surface area contributed by atoms with E-state index in [9.17, 15) is 4.79 Å². The number of hydrogen-bond donors (Lipinski definition) is 2. The van der Waals surface area contributed by atoms with Crippen molar-refractivity contribution in [2.75, 3.05) is 6.54 Å². The summed E-state index contributed by atoms with van der Waals surface area (Å²) >= 11 is 0. The highest BCUT2D eigenvalue weighted by Crippen LogP contribution is 2.68. The Bertz CT molecular complexity index is 905. The molecule has 3 heterocycles. The second-order valence-corrected chi connectivity index (χ2v) is 8.09. The van der Waals surface area contributed by atoms with E-state index in [1.165, 1.54) is 19.3 Å². The van der Waals surface area contributed by atoms with Gasteiger partial charge >= 0.3 is 0 Å². The van der Waals surface area contributed by atoms with Crippen molar-refractivity contribution in [2.45, 2.75) is 63.1 Å². The maximum Gasteiger partial charge on any atom is 0.295 e. The maximum atomic E-state index is 11.7. The van der Waals surface area contributed by atoms with Crippen molar-refractivity contribution in [3.05, 3.63) is 23.9 Å². The molecule has 2 N–H and O–H groups in total. The van der Waals surface area contributed by atoms with Crippen LogP contribution in [0.2, 0.25) is 0 Å². The molecule has 1 aromatic heterocycles. The first-order valence-corrected chi connectivity index (χ1v) is 9.81. The molecule has 2 aliphatic carbocycles. The molecule has 4 atom stereocenters. The summed E-state index contributed by atoms with van der Waals surface area (Å²) in [7, 11) is 0. The minimum atomic E-state index is -0.183. The number of carbonyl (C=O) groups is 1. The molecule has 4 aliphatic rings. The highest BCUT2D eigenvalue weighted by Gasteiger charge is 2.64. The van der Waals surface area contributed by atoms with Gasteiger partial charge in [-0.3, -0.25) is 14.4 Å². The molecule has 7 nitrogen and oxygen atoms in total. The van der Waals surface area contributed by atoms with Crippen molar-refractivity contribution >= 4 is 12.1 Å². The molecule has 0 saturated heterocycles. The minimum absolute atomic E-state index is 0.0476. The fraction of sp³-hybridized carbons (Fsp3) is 0.600. The number of carbonyl (C=O) groups excluding carboxylic acids is 1. The molecule has 2 saturated carbocycles. The average Bonchev–Trinajstić information content (AvgIpc) is 3.33. The smallest absolute Gasteiger partial charge is 0.295 e. The van der Waals surface area contributed by atoms with Gasteiger partial charge in [-0.1, -0.05) is 12.3 Å². The maximum absolute atomic E-state index is 11.7. The Kier molecular flexibility index (Phi) is 3.64. The predicted molar refractivity (Wildman–Crippen MR) is 101 cm³/mol. The molecule has 5 rings (SSSR count). The van der Waals surface area contributed by atoms with Crippen molar-refractivity contribution < 1.29 is 4.79 Å². The van der Waals surface area contributed by atoms with Crippen LogP contribution >= 0.6 is 0 Å². The molecule has 0 aromatic carbocycles. The van der Waals surface area contributed by atoms with Crippen molar-refractivity contribution in [1.29, 1.82) is 0 Å². The summed E-state index contributed by atoms with van der Waals surface area (Å²) in [6.07, 6.45) is 12.9. The molecule has 2 aliphatic heterocycles. The van der Waals surface area contributed by atoms with Crippen molar-refractivity contribution in [2.24, 2.45) is 10.4 Å². The molecule has 4 unspecified atom stereocenters. The number of fused-ring (bicyclic) bond motifs is 4. The van der Waals surface area contributed by atoms with E-state index in [1.54, 1.807) is 6.92 Å². The lowest BCUT2D eigenvalue weighted by Crippen LogP contribution is -2.54. The van der Waals surface area contributed by atoms with Crippen LogP contribution in [0.5, 0.6) is 0 Å². The summed E-state index contributed by atoms with van der Waals surface area (Å²) in [5.41, 5.74) is 0.287. The Labute approximate surface area is 158 Å². The molecule has 1 amide bonds. The summed E-state index contributed by atoms with van der Waals surface area (Å²) in [5, 5.41) is 15.4. The average molecular weight is 364 g/mol. The molecular weight excluding hydrogens is 340 g/mol. The van der Waals surface area contributed by atoms with Crippen LogP contribution in [0.25, 0.3) is 0 Å². The van der Waals surface area contributed by atoms with Crippen molar-refractivity contribution in [3.8, 4) is 11.8 Å². The van der Waals surface area contributed by atoms with Gasteiger partial charge in [0, 0.05) is 12.0 Å². The molecule has 0 bridgehead atoms. The number of nitrogens with one attached hydrogen (secondary N) is 2. The van der Waals surface area contributed by atoms with Gasteiger partial charge in [0.25, 0.3) is 5.91 Å². The Balaban J connectivity index is 1.44. The molecule has 1 aromatic rings. The van der Waals surface area contributed by atoms with E-state index in [2.05, 4.69) is 48.3 Å². The fourth-order valence-electron chi connectivity index (χ4n) is 5.76. The molecule has 0 spiro atoms. The highest BCUT2D eigenvalue weighted by molar-refractivity contribution is 5.93. The van der Waals surface area contributed by atoms with Gasteiger partial charge in [-0.15, -0.1) is 10.2 Å². The van der Waals surface area contributed by atoms with E-state index in [1.807, 2.05) is 12.4 Å². The van der Waals surface area contributed by atoms with Crippen LogP contribution in [0, 0.1) is 17.3 Å². The first-order chi connectivity index (χ1) is 13.2. The van der Waals surface area contributed by atoms with Crippen LogP contribution in [0.1, 0.15) is 63.1 Å². The van der Waals surface area contributed by atoms with E-state index in [0.717, 1.165) is 30.9 Å². The van der Waals surface area contributed by atoms with E-state index >= 15 is 0 Å². The van der Waals surface area contributed by atoms with E-state index in [-0.39, 0.29) is 28.9 Å². The summed E-state index contributed by atoms with van der Waals surface area (Å²) in [4.78, 5) is 16.3. The monoisotopic (exact) mass is 364 g/mol. The first-order valence-electron chi connectivity index (χ1n) is 9.81. The van der Waals surface area contributed by atoms with Gasteiger partial charge in [0.2, 0.25) is 0 Å². The van der Waals surface area contributed by atoms with E-state index < -0.39 is 0 Å². The van der Waals surface area contributed by atoms with Crippen LogP contribution in [0.15, 0.2) is 17.3 Å². The van der Waals surface area contributed by atoms with Crippen molar-refractivity contribution in [3.63, 3.8) is 0 Å². The Morgan fingerprint density at radius 3 is 3.11 bits per heavy atom. The second-order valence-electron chi connectivity index (χ2n) is 8.09. The molecule has 7 heteroatoms. The van der Waals surface area contributed by atoms with Gasteiger partial charge in [-0.2, -0.15) is 0 Å². The van der Waals surface area contributed by atoms with Crippen LogP contribution in [-0.2, 0) is 10.2 Å². The Hall–Kier alpha value is -2.62. The number of aromatic nitrogens is 3. The quantitative estimate of drug-likeness (QED) is 0.792. The molecule has 2 fully saturated rings. The normalized spacial score (nSPS) is 34.6. The third kappa shape index (κ3) is 2.22. The number of rotatable bonds is 4. The lowest BCUT2D eigenvalue weighted by Gasteiger charge is -2.55. The first kappa shape index (κ1) is 16.5. The number of aliphatic imine (C=N–C) groups is 1. The van der Waals surface area contributed by atoms with Gasteiger partial charge in [0.1, 0.15) is 12.0 Å². The van der Waals surface area contributed by atoms with Crippen LogP contribution in [0.3, 0.4) is 0 Å². The third-order valence-electron chi connectivity index (χ3n) is 7.11. The summed E-state index contributed by atoms with van der Waals surface area (Å²) in [5.74, 6) is 7.01. The Morgan fingerprint density at radius 2 is 2.30 bits per heavy atom. The Morgan fingerprint density at radius 1 is 1.37 bits per heavy atom. The predicted octanol–water partition coefficient (Wildman–Crippen LogP) is 1.43. The number of amides is 1. The highest BCUT2D eigenvalue weighted by atomic mass is 16.1. The zero-order valence-electron chi connectivity index (χ0n) is 15.5. The topological polar surface area (TPSA) is 84.2 Å².